The first-order valence-corrected chi connectivity index (χ1v) is 9.54. The monoisotopic (exact) mass is 337 g/mol. The molecule has 2 radical (unpaired) electrons. The van der Waals surface area contributed by atoms with E-state index in [-0.39, 0.29) is 6.04 Å². The van der Waals surface area contributed by atoms with Gasteiger partial charge in [-0.15, -0.1) is 0 Å². The second kappa shape index (κ2) is 6.29. The molecule has 3 fully saturated rings. The second-order valence-electron chi connectivity index (χ2n) is 7.50. The van der Waals surface area contributed by atoms with E-state index >= 15 is 0 Å². The summed E-state index contributed by atoms with van der Waals surface area (Å²) in [5, 5.41) is 4.93. The number of fused-ring (bicyclic) bond motifs is 1. The van der Waals surface area contributed by atoms with Crippen molar-refractivity contribution < 1.29 is 4.74 Å². The highest BCUT2D eigenvalue weighted by molar-refractivity contribution is 6.04. The van der Waals surface area contributed by atoms with Crippen LogP contribution in [0.25, 0.3) is 5.65 Å². The second-order valence-corrected chi connectivity index (χ2v) is 7.50. The summed E-state index contributed by atoms with van der Waals surface area (Å²) in [4.78, 5) is 9.24. The van der Waals surface area contributed by atoms with Gasteiger partial charge in [0.1, 0.15) is 5.82 Å². The fourth-order valence-corrected chi connectivity index (χ4v) is 4.04. The highest BCUT2D eigenvalue weighted by Gasteiger charge is 2.29. The SMILES string of the molecule is [B]N1CCCC[C@H]1c1cc2nc(C3CC3)cc(N3CCOCC3)n2n1. The molecule has 0 bridgehead atoms. The van der Waals surface area contributed by atoms with E-state index in [2.05, 4.69) is 17.0 Å². The van der Waals surface area contributed by atoms with Crippen molar-refractivity contribution in [3.8, 4) is 0 Å². The van der Waals surface area contributed by atoms with Crippen molar-refractivity contribution >= 4 is 19.4 Å². The molecule has 2 aromatic rings. The van der Waals surface area contributed by atoms with Gasteiger partial charge in [-0.3, -0.25) is 0 Å². The smallest absolute Gasteiger partial charge is 0.183 e. The lowest BCUT2D eigenvalue weighted by Gasteiger charge is -2.31. The van der Waals surface area contributed by atoms with Gasteiger partial charge in [0.05, 0.1) is 18.9 Å². The molecule has 5 rings (SSSR count). The van der Waals surface area contributed by atoms with Gasteiger partial charge in [0, 0.05) is 42.9 Å². The number of piperidine rings is 1. The lowest BCUT2D eigenvalue weighted by atomic mass is 9.96. The van der Waals surface area contributed by atoms with Crippen molar-refractivity contribution in [1.29, 1.82) is 0 Å². The Bertz CT molecular complexity index is 768. The maximum Gasteiger partial charge on any atom is 0.183 e. The van der Waals surface area contributed by atoms with E-state index in [4.69, 9.17) is 22.8 Å². The van der Waals surface area contributed by atoms with Crippen LogP contribution < -0.4 is 4.90 Å². The topological polar surface area (TPSA) is 45.9 Å². The van der Waals surface area contributed by atoms with Crippen LogP contribution in [0.5, 0.6) is 0 Å². The van der Waals surface area contributed by atoms with Crippen LogP contribution in [0.1, 0.15) is 55.5 Å². The van der Waals surface area contributed by atoms with E-state index in [1.807, 2.05) is 9.33 Å². The third-order valence-electron chi connectivity index (χ3n) is 5.66. The van der Waals surface area contributed by atoms with Gasteiger partial charge in [0.15, 0.2) is 13.6 Å². The predicted molar refractivity (Wildman–Crippen MR) is 97.0 cm³/mol. The molecule has 7 heteroatoms. The summed E-state index contributed by atoms with van der Waals surface area (Å²) in [6.45, 7) is 4.30. The Kier molecular flexibility index (Phi) is 3.93. The van der Waals surface area contributed by atoms with Gasteiger partial charge in [-0.05, 0) is 32.2 Å². The molecule has 1 atom stereocenters. The van der Waals surface area contributed by atoms with E-state index in [1.54, 1.807) is 0 Å². The number of anilines is 1. The molecule has 25 heavy (non-hydrogen) atoms. The van der Waals surface area contributed by atoms with Crippen molar-refractivity contribution in [2.75, 3.05) is 37.7 Å². The molecule has 2 saturated heterocycles. The molecule has 2 aliphatic heterocycles. The summed E-state index contributed by atoms with van der Waals surface area (Å²) in [5.74, 6) is 1.78. The highest BCUT2D eigenvalue weighted by atomic mass is 16.5. The Balaban J connectivity index is 1.58. The number of hydrogen-bond acceptors (Lipinski definition) is 5. The molecule has 130 valence electrons. The lowest BCUT2D eigenvalue weighted by Crippen LogP contribution is -2.37. The van der Waals surface area contributed by atoms with Crippen LogP contribution in [0.15, 0.2) is 12.1 Å². The van der Waals surface area contributed by atoms with E-state index < -0.39 is 0 Å². The predicted octanol–water partition coefficient (Wildman–Crippen LogP) is 2.05. The Morgan fingerprint density at radius 1 is 1.00 bits per heavy atom. The number of morpholine rings is 1. The average Bonchev–Trinajstić information content (AvgIpc) is 3.41. The number of rotatable bonds is 3. The Labute approximate surface area is 149 Å². The van der Waals surface area contributed by atoms with E-state index in [9.17, 15) is 0 Å². The van der Waals surface area contributed by atoms with Gasteiger partial charge in [0.25, 0.3) is 0 Å². The molecule has 1 saturated carbocycles. The lowest BCUT2D eigenvalue weighted by molar-refractivity contribution is 0.122. The molecular formula is C18H24BN5O. The van der Waals surface area contributed by atoms with Crippen LogP contribution in [0.3, 0.4) is 0 Å². The summed E-state index contributed by atoms with van der Waals surface area (Å²) < 4.78 is 7.55. The zero-order valence-electron chi connectivity index (χ0n) is 14.6. The molecule has 2 aromatic heterocycles. The molecule has 3 aliphatic rings. The number of aromatic nitrogens is 3. The zero-order chi connectivity index (χ0) is 16.8. The van der Waals surface area contributed by atoms with Crippen LogP contribution in [0, 0.1) is 0 Å². The molecule has 0 spiro atoms. The highest BCUT2D eigenvalue weighted by Crippen LogP contribution is 2.40. The van der Waals surface area contributed by atoms with Gasteiger partial charge in [-0.25, -0.2) is 4.98 Å². The Morgan fingerprint density at radius 2 is 1.84 bits per heavy atom. The summed E-state index contributed by atoms with van der Waals surface area (Å²) in [5.41, 5.74) is 3.23. The minimum Gasteiger partial charge on any atom is -0.378 e. The molecule has 0 aromatic carbocycles. The first-order chi connectivity index (χ1) is 12.3. The molecular weight excluding hydrogens is 313 g/mol. The number of ether oxygens (including phenoxy) is 1. The van der Waals surface area contributed by atoms with Gasteiger partial charge in [0.2, 0.25) is 0 Å². The van der Waals surface area contributed by atoms with Crippen molar-refractivity contribution in [3.05, 3.63) is 23.5 Å². The minimum absolute atomic E-state index is 0.206. The summed E-state index contributed by atoms with van der Waals surface area (Å²) in [7, 11) is 6.24. The standard InChI is InChI=1S/C18H24BN5O/c19-23-6-2-1-3-16(23)15-11-17-20-14(13-4-5-13)12-18(24(17)21-15)22-7-9-25-10-8-22/h11-13,16H,1-10H2/t16-/m0/s1. The van der Waals surface area contributed by atoms with E-state index in [1.165, 1.54) is 31.4 Å². The van der Waals surface area contributed by atoms with Crippen LogP contribution in [0.4, 0.5) is 5.82 Å². The molecule has 6 nitrogen and oxygen atoms in total. The van der Waals surface area contributed by atoms with E-state index in [0.717, 1.165) is 56.4 Å². The van der Waals surface area contributed by atoms with Crippen LogP contribution in [-0.2, 0) is 4.74 Å². The van der Waals surface area contributed by atoms with E-state index in [0.29, 0.717) is 5.92 Å². The van der Waals surface area contributed by atoms with Gasteiger partial charge < -0.3 is 14.4 Å². The largest absolute Gasteiger partial charge is 0.378 e. The first kappa shape index (κ1) is 15.6. The van der Waals surface area contributed by atoms with Crippen LogP contribution in [-0.4, -0.2) is 60.2 Å². The Hall–Kier alpha value is -1.60. The first-order valence-electron chi connectivity index (χ1n) is 9.54. The summed E-state index contributed by atoms with van der Waals surface area (Å²) in [6.07, 6.45) is 5.97. The number of nitrogens with zero attached hydrogens (tertiary/aromatic N) is 5. The third-order valence-corrected chi connectivity index (χ3v) is 5.66. The Morgan fingerprint density at radius 3 is 2.60 bits per heavy atom. The average molecular weight is 337 g/mol. The zero-order valence-corrected chi connectivity index (χ0v) is 14.6. The fraction of sp³-hybridized carbons (Fsp3) is 0.667. The van der Waals surface area contributed by atoms with Gasteiger partial charge in [-0.1, -0.05) is 6.42 Å². The van der Waals surface area contributed by atoms with Crippen molar-refractivity contribution in [3.63, 3.8) is 0 Å². The maximum absolute atomic E-state index is 6.24. The van der Waals surface area contributed by atoms with Crippen molar-refractivity contribution in [2.45, 2.75) is 44.1 Å². The molecule has 4 heterocycles. The molecule has 0 unspecified atom stereocenters. The van der Waals surface area contributed by atoms with Crippen LogP contribution >= 0.6 is 0 Å². The summed E-state index contributed by atoms with van der Waals surface area (Å²) >= 11 is 0. The minimum atomic E-state index is 0.206. The van der Waals surface area contributed by atoms with Gasteiger partial charge in [-0.2, -0.15) is 9.61 Å². The van der Waals surface area contributed by atoms with Crippen molar-refractivity contribution in [1.82, 2.24) is 19.4 Å². The fourth-order valence-electron chi connectivity index (χ4n) is 4.04. The quantitative estimate of drug-likeness (QED) is 0.803. The molecule has 1 aliphatic carbocycles. The normalized spacial score (nSPS) is 25.6. The van der Waals surface area contributed by atoms with Crippen molar-refractivity contribution in [2.24, 2.45) is 0 Å². The number of hydrogen-bond donors (Lipinski definition) is 0. The maximum atomic E-state index is 6.24. The third kappa shape index (κ3) is 2.93. The molecule has 0 N–H and O–H groups in total. The van der Waals surface area contributed by atoms with Crippen LogP contribution in [0.2, 0.25) is 0 Å². The summed E-state index contributed by atoms with van der Waals surface area (Å²) in [6, 6.07) is 4.59. The van der Waals surface area contributed by atoms with Gasteiger partial charge >= 0.3 is 0 Å². The molecule has 0 amide bonds.